The quantitative estimate of drug-likeness (QED) is 0.403. The molecule has 3 aromatic heterocycles. The third kappa shape index (κ3) is 6.01. The number of carbonyl (C=O) groups excluding carboxylic acids is 1. The standard InChI is InChI=1S/C25H36N8O3/c1-5-19-21-22(33(31-19)14-15-35-6-2)23(28-20-16-17(4)8-11-26-20)30-24(29-21)27-18-9-12-32(13-10-18)25(34)36-7-3/h8,11,16,18H,5-7,9-10,12-15H2,1-4H3,(H2,26,27,28,29,30). The molecule has 0 atom stereocenters. The second-order valence-electron chi connectivity index (χ2n) is 8.76. The third-order valence-electron chi connectivity index (χ3n) is 6.16. The van der Waals surface area contributed by atoms with Gasteiger partial charge in [0, 0.05) is 31.9 Å². The van der Waals surface area contributed by atoms with Crippen molar-refractivity contribution < 1.29 is 14.3 Å². The first-order chi connectivity index (χ1) is 17.5. The van der Waals surface area contributed by atoms with Crippen LogP contribution in [-0.2, 0) is 22.4 Å². The molecule has 2 N–H and O–H groups in total. The van der Waals surface area contributed by atoms with E-state index in [9.17, 15) is 4.79 Å². The minimum atomic E-state index is -0.252. The Labute approximate surface area is 211 Å². The number of ether oxygens (including phenoxy) is 2. The van der Waals surface area contributed by atoms with Crippen molar-refractivity contribution in [3.8, 4) is 0 Å². The van der Waals surface area contributed by atoms with Gasteiger partial charge in [0.1, 0.15) is 16.9 Å². The van der Waals surface area contributed by atoms with Crippen LogP contribution in [0.2, 0.25) is 0 Å². The highest BCUT2D eigenvalue weighted by Gasteiger charge is 2.25. The average molecular weight is 497 g/mol. The van der Waals surface area contributed by atoms with Gasteiger partial charge in [0.05, 0.1) is 25.5 Å². The van der Waals surface area contributed by atoms with E-state index < -0.39 is 0 Å². The number of nitrogens with one attached hydrogen (secondary N) is 2. The van der Waals surface area contributed by atoms with E-state index in [1.54, 1.807) is 11.1 Å². The van der Waals surface area contributed by atoms with Crippen molar-refractivity contribution >= 4 is 34.7 Å². The molecule has 0 radical (unpaired) electrons. The zero-order valence-corrected chi connectivity index (χ0v) is 21.6. The molecule has 0 aliphatic carbocycles. The van der Waals surface area contributed by atoms with Crippen LogP contribution in [0.15, 0.2) is 18.3 Å². The van der Waals surface area contributed by atoms with Gasteiger partial charge in [-0.2, -0.15) is 10.1 Å². The highest BCUT2D eigenvalue weighted by atomic mass is 16.6. The highest BCUT2D eigenvalue weighted by molar-refractivity contribution is 5.90. The number of piperidine rings is 1. The highest BCUT2D eigenvalue weighted by Crippen LogP contribution is 2.28. The average Bonchev–Trinajstić information content (AvgIpc) is 3.22. The fraction of sp³-hybridized carbons (Fsp3) is 0.560. The second-order valence-corrected chi connectivity index (χ2v) is 8.76. The molecule has 3 aromatic rings. The summed E-state index contributed by atoms with van der Waals surface area (Å²) in [5.41, 5.74) is 3.65. The summed E-state index contributed by atoms with van der Waals surface area (Å²) in [6.07, 6.45) is 3.84. The number of amides is 1. The van der Waals surface area contributed by atoms with Crippen LogP contribution in [0, 0.1) is 6.92 Å². The molecule has 36 heavy (non-hydrogen) atoms. The predicted molar refractivity (Wildman–Crippen MR) is 139 cm³/mol. The maximum Gasteiger partial charge on any atom is 0.409 e. The number of fused-ring (bicyclic) bond motifs is 1. The Morgan fingerprint density at radius 2 is 1.97 bits per heavy atom. The number of aryl methyl sites for hydroxylation is 2. The number of nitrogens with zero attached hydrogens (tertiary/aromatic N) is 6. The molecule has 1 fully saturated rings. The van der Waals surface area contributed by atoms with Crippen molar-refractivity contribution in [3.63, 3.8) is 0 Å². The molecule has 1 aliphatic rings. The van der Waals surface area contributed by atoms with Crippen LogP contribution in [0.3, 0.4) is 0 Å². The Balaban J connectivity index is 1.63. The molecule has 4 rings (SSSR count). The predicted octanol–water partition coefficient (Wildman–Crippen LogP) is 3.91. The van der Waals surface area contributed by atoms with Gasteiger partial charge in [0.15, 0.2) is 5.82 Å². The molecule has 0 spiro atoms. The van der Waals surface area contributed by atoms with Crippen LogP contribution in [0.4, 0.5) is 22.4 Å². The molecule has 11 nitrogen and oxygen atoms in total. The van der Waals surface area contributed by atoms with Gasteiger partial charge in [-0.25, -0.2) is 14.8 Å². The lowest BCUT2D eigenvalue weighted by Gasteiger charge is -2.31. The number of pyridine rings is 1. The van der Waals surface area contributed by atoms with Crippen LogP contribution in [-0.4, -0.2) is 74.7 Å². The number of likely N-dealkylation sites (tertiary alicyclic amines) is 1. The number of aromatic nitrogens is 5. The van der Waals surface area contributed by atoms with Crippen molar-refractivity contribution in [1.82, 2.24) is 29.6 Å². The number of anilines is 3. The van der Waals surface area contributed by atoms with Crippen LogP contribution in [0.5, 0.6) is 0 Å². The minimum absolute atomic E-state index is 0.149. The van der Waals surface area contributed by atoms with Gasteiger partial charge >= 0.3 is 6.09 Å². The fourth-order valence-electron chi connectivity index (χ4n) is 4.32. The van der Waals surface area contributed by atoms with Crippen LogP contribution in [0.1, 0.15) is 44.9 Å². The van der Waals surface area contributed by atoms with Crippen LogP contribution < -0.4 is 10.6 Å². The van der Waals surface area contributed by atoms with Crippen molar-refractivity contribution in [2.24, 2.45) is 0 Å². The van der Waals surface area contributed by atoms with Gasteiger partial charge < -0.3 is 25.0 Å². The summed E-state index contributed by atoms with van der Waals surface area (Å²) in [6.45, 7) is 11.4. The lowest BCUT2D eigenvalue weighted by Crippen LogP contribution is -2.42. The van der Waals surface area contributed by atoms with Crippen molar-refractivity contribution in [3.05, 3.63) is 29.6 Å². The lowest BCUT2D eigenvalue weighted by atomic mass is 10.1. The van der Waals surface area contributed by atoms with Gasteiger partial charge in [-0.15, -0.1) is 0 Å². The largest absolute Gasteiger partial charge is 0.450 e. The first kappa shape index (κ1) is 25.6. The number of hydrogen-bond acceptors (Lipinski definition) is 9. The van der Waals surface area contributed by atoms with E-state index >= 15 is 0 Å². The Kier molecular flexibility index (Phi) is 8.52. The summed E-state index contributed by atoms with van der Waals surface area (Å²) < 4.78 is 12.6. The molecular weight excluding hydrogens is 460 g/mol. The molecule has 11 heteroatoms. The second kappa shape index (κ2) is 12.0. The Morgan fingerprint density at radius 1 is 1.17 bits per heavy atom. The lowest BCUT2D eigenvalue weighted by molar-refractivity contribution is 0.0983. The maximum absolute atomic E-state index is 12.0. The van der Waals surface area contributed by atoms with E-state index in [-0.39, 0.29) is 12.1 Å². The molecule has 0 bridgehead atoms. The number of hydrogen-bond donors (Lipinski definition) is 2. The van der Waals surface area contributed by atoms with E-state index in [1.807, 2.05) is 37.6 Å². The summed E-state index contributed by atoms with van der Waals surface area (Å²) >= 11 is 0. The van der Waals surface area contributed by atoms with Crippen molar-refractivity contribution in [2.75, 3.05) is 43.5 Å². The third-order valence-corrected chi connectivity index (χ3v) is 6.16. The van der Waals surface area contributed by atoms with Gasteiger partial charge in [-0.05, 0) is 57.7 Å². The van der Waals surface area contributed by atoms with Crippen LogP contribution >= 0.6 is 0 Å². The first-order valence-electron chi connectivity index (χ1n) is 12.7. The first-order valence-corrected chi connectivity index (χ1v) is 12.7. The molecule has 0 unspecified atom stereocenters. The Morgan fingerprint density at radius 3 is 2.67 bits per heavy atom. The fourth-order valence-corrected chi connectivity index (χ4v) is 4.32. The van der Waals surface area contributed by atoms with Gasteiger partial charge in [0.2, 0.25) is 5.95 Å². The van der Waals surface area contributed by atoms with E-state index in [0.29, 0.717) is 57.0 Å². The van der Waals surface area contributed by atoms with E-state index in [0.717, 1.165) is 41.6 Å². The Bertz CT molecular complexity index is 1170. The topological polar surface area (TPSA) is 119 Å². The smallest absolute Gasteiger partial charge is 0.409 e. The molecule has 1 saturated heterocycles. The van der Waals surface area contributed by atoms with Gasteiger partial charge in [0.25, 0.3) is 0 Å². The molecule has 1 amide bonds. The van der Waals surface area contributed by atoms with Gasteiger partial charge in [-0.1, -0.05) is 6.92 Å². The summed E-state index contributed by atoms with van der Waals surface area (Å²) in [5, 5.41) is 11.7. The molecule has 0 aromatic carbocycles. The maximum atomic E-state index is 12.0. The minimum Gasteiger partial charge on any atom is -0.450 e. The summed E-state index contributed by atoms with van der Waals surface area (Å²) in [7, 11) is 0. The number of carbonyl (C=O) groups is 1. The zero-order valence-electron chi connectivity index (χ0n) is 21.6. The molecule has 0 saturated carbocycles. The molecular formula is C25H36N8O3. The number of rotatable bonds is 10. The van der Waals surface area contributed by atoms with Crippen LogP contribution in [0.25, 0.3) is 11.0 Å². The zero-order chi connectivity index (χ0) is 25.5. The van der Waals surface area contributed by atoms with E-state index in [1.165, 1.54) is 0 Å². The molecule has 4 heterocycles. The van der Waals surface area contributed by atoms with Gasteiger partial charge in [-0.3, -0.25) is 4.68 Å². The summed E-state index contributed by atoms with van der Waals surface area (Å²) in [6, 6.07) is 4.09. The summed E-state index contributed by atoms with van der Waals surface area (Å²) in [4.78, 5) is 28.0. The molecule has 194 valence electrons. The normalized spacial score (nSPS) is 14.3. The Hall–Kier alpha value is -3.47. The SMILES string of the molecule is CCOCCn1nc(CC)c2nc(NC3CCN(C(=O)OCC)CC3)nc(Nc3cc(C)ccn3)c21. The van der Waals surface area contributed by atoms with Crippen molar-refractivity contribution in [1.29, 1.82) is 0 Å². The van der Waals surface area contributed by atoms with E-state index in [4.69, 9.17) is 24.5 Å². The molecule has 1 aliphatic heterocycles. The monoisotopic (exact) mass is 496 g/mol. The van der Waals surface area contributed by atoms with Crippen molar-refractivity contribution in [2.45, 2.75) is 59.5 Å². The van der Waals surface area contributed by atoms with E-state index in [2.05, 4.69) is 22.5 Å². The summed E-state index contributed by atoms with van der Waals surface area (Å²) in [5.74, 6) is 1.89.